The maximum absolute atomic E-state index is 6.94. The molecule has 0 bridgehead atoms. The molecule has 2 heterocycles. The normalized spacial score (nSPS) is 10.6. The van der Waals surface area contributed by atoms with Gasteiger partial charge in [0.15, 0.2) is 11.5 Å². The van der Waals surface area contributed by atoms with E-state index in [2.05, 4.69) is 190 Å². The van der Waals surface area contributed by atoms with Crippen molar-refractivity contribution in [2.75, 3.05) is 7.11 Å². The number of benzene rings is 7. The van der Waals surface area contributed by atoms with Crippen LogP contribution in [0.15, 0.2) is 219 Å². The van der Waals surface area contributed by atoms with Crippen molar-refractivity contribution in [3.05, 3.63) is 219 Å². The van der Waals surface area contributed by atoms with Gasteiger partial charge in [-0.15, -0.1) is 0 Å². The van der Waals surface area contributed by atoms with E-state index < -0.39 is 15.8 Å². The first kappa shape index (κ1) is 41.0. The number of aromatic nitrogens is 4. The van der Waals surface area contributed by atoms with Crippen LogP contribution in [0.2, 0.25) is 0 Å². The first-order valence-corrected chi connectivity index (χ1v) is 22.0. The Hall–Kier alpha value is -6.19. The van der Waals surface area contributed by atoms with Crippen molar-refractivity contribution in [1.29, 1.82) is 0 Å². The molecule has 59 heavy (non-hydrogen) atoms. The van der Waals surface area contributed by atoms with E-state index in [9.17, 15) is 0 Å². The molecule has 0 radical (unpaired) electrons. The molecule has 0 spiro atoms. The zero-order valence-electron chi connectivity index (χ0n) is 32.2. The predicted molar refractivity (Wildman–Crippen MR) is 244 cm³/mol. The average Bonchev–Trinajstić information content (AvgIpc) is 3.81. The van der Waals surface area contributed by atoms with Crippen LogP contribution in [0.5, 0.6) is 17.2 Å². The Kier molecular flexibility index (Phi) is 14.2. The number of hydrogen-bond acceptors (Lipinski definition) is 5. The van der Waals surface area contributed by atoms with Crippen LogP contribution in [0.4, 0.5) is 0 Å². The molecule has 292 valence electrons. The van der Waals surface area contributed by atoms with Gasteiger partial charge >= 0.3 is 17.1 Å². The van der Waals surface area contributed by atoms with Gasteiger partial charge in [-0.2, -0.15) is 0 Å². The smallest absolute Gasteiger partial charge is 0.497 e. The van der Waals surface area contributed by atoms with E-state index >= 15 is 0 Å². The molecule has 7 aromatic carbocycles. The molecular weight excluding hydrogens is 814 g/mol. The van der Waals surface area contributed by atoms with Crippen molar-refractivity contribution < 1.29 is 26.5 Å². The van der Waals surface area contributed by atoms with Gasteiger partial charge < -0.3 is 19.6 Å². The van der Waals surface area contributed by atoms with Crippen molar-refractivity contribution in [2.45, 2.75) is 0 Å². The van der Waals surface area contributed by atoms with Crippen molar-refractivity contribution in [2.24, 2.45) is 0 Å². The molecule has 0 saturated heterocycles. The fourth-order valence-electron chi connectivity index (χ4n) is 6.72. The first-order chi connectivity index (χ1) is 28.7. The van der Waals surface area contributed by atoms with Gasteiger partial charge in [-0.3, -0.25) is 10.1 Å². The van der Waals surface area contributed by atoms with Gasteiger partial charge in [-0.05, 0) is 121 Å². The van der Waals surface area contributed by atoms with Crippen LogP contribution >= 0.6 is 15.8 Å². The van der Waals surface area contributed by atoms with Gasteiger partial charge in [0.1, 0.15) is 53.4 Å². The Morgan fingerprint density at radius 1 is 0.458 bits per heavy atom. The second-order valence-electron chi connectivity index (χ2n) is 13.2. The minimum atomic E-state index is -1.28. The largest absolute Gasteiger partial charge is 1.00 e. The summed E-state index contributed by atoms with van der Waals surface area (Å²) in [6.45, 7) is 0. The molecule has 0 fully saturated rings. The van der Waals surface area contributed by atoms with E-state index in [-0.39, 0.29) is 17.1 Å². The summed E-state index contributed by atoms with van der Waals surface area (Å²) in [5.74, 6) is 3.77. The molecule has 0 aliphatic carbocycles. The minimum Gasteiger partial charge on any atom is -0.497 e. The van der Waals surface area contributed by atoms with Gasteiger partial charge in [0.05, 0.1) is 18.6 Å². The van der Waals surface area contributed by atoms with Crippen molar-refractivity contribution >= 4 is 47.7 Å². The maximum atomic E-state index is 6.94. The van der Waals surface area contributed by atoms with Crippen LogP contribution in [0, 0.1) is 0 Å². The number of para-hydroxylation sites is 2. The number of hydrogen-bond donors (Lipinski definition) is 0. The molecular formula is C50H41CuN4O2P2+2. The average molecular weight is 855 g/mol. The summed E-state index contributed by atoms with van der Waals surface area (Å²) in [6.07, 6.45) is 1.71. The standard InChI is InChI=1S/C36H28OP2.C14H11N4O.Cu/c1-5-17-29(18-6-1)38(30-19-7-2-8-20-30)35-27-15-13-25-33(35)37-34-26-14-16-28-36(34)39(31-21-9-3-10-22-31)32-23-11-4-12-24-32;1-19-11-7-5-10(6-8-11)13-16-14(18-17-13)12-4-2-3-9-15-12;/h1-28H;2-9H,1H3;/q;-1;+1/p+2. The van der Waals surface area contributed by atoms with Crippen LogP contribution < -0.4 is 46.4 Å². The van der Waals surface area contributed by atoms with Crippen molar-refractivity contribution in [1.82, 2.24) is 20.2 Å². The predicted octanol–water partition coefficient (Wildman–Crippen LogP) is 8.63. The molecule has 0 N–H and O–H groups in total. The Bertz CT molecular complexity index is 2430. The molecule has 0 unspecified atom stereocenters. The molecule has 0 amide bonds. The zero-order chi connectivity index (χ0) is 39.4. The van der Waals surface area contributed by atoms with E-state index in [0.29, 0.717) is 11.6 Å². The third kappa shape index (κ3) is 10.1. The zero-order valence-corrected chi connectivity index (χ0v) is 35.1. The third-order valence-electron chi connectivity index (χ3n) is 9.48. The minimum absolute atomic E-state index is 0. The molecule has 9 heteroatoms. The Labute approximate surface area is 358 Å². The van der Waals surface area contributed by atoms with Gasteiger partial charge in [0.2, 0.25) is 0 Å². The molecule has 9 aromatic rings. The van der Waals surface area contributed by atoms with Crippen LogP contribution in [-0.4, -0.2) is 22.2 Å². The maximum Gasteiger partial charge on any atom is 1.00 e. The van der Waals surface area contributed by atoms with Crippen LogP contribution in [0.1, 0.15) is 0 Å². The molecule has 9 rings (SSSR count). The van der Waals surface area contributed by atoms with Crippen LogP contribution in [0.3, 0.4) is 0 Å². The quantitative estimate of drug-likeness (QED) is 0.0960. The van der Waals surface area contributed by atoms with Gasteiger partial charge in [-0.25, -0.2) is 0 Å². The van der Waals surface area contributed by atoms with Gasteiger partial charge in [-0.1, -0.05) is 103 Å². The van der Waals surface area contributed by atoms with E-state index in [1.54, 1.807) is 13.3 Å². The van der Waals surface area contributed by atoms with Gasteiger partial charge in [0, 0.05) is 6.20 Å². The van der Waals surface area contributed by atoms with Gasteiger partial charge in [0.25, 0.3) is 0 Å². The van der Waals surface area contributed by atoms with E-state index in [1.807, 2.05) is 42.5 Å². The SMILES string of the molecule is COc1ccc(-c2n[n-]c(-c3ccccn3)n2)cc1.[Cu+].c1ccc([PH+](c2ccccc2)c2ccccc2Oc2ccccc2[PH+](c2ccccc2)c2ccccc2)cc1. The van der Waals surface area contributed by atoms with E-state index in [0.717, 1.165) is 28.5 Å². The van der Waals surface area contributed by atoms with Crippen molar-refractivity contribution in [3.63, 3.8) is 0 Å². The summed E-state index contributed by atoms with van der Waals surface area (Å²) >= 11 is 0. The summed E-state index contributed by atoms with van der Waals surface area (Å²) in [5.41, 5.74) is 1.62. The van der Waals surface area contributed by atoms with Crippen molar-refractivity contribution in [3.8, 4) is 40.2 Å². The van der Waals surface area contributed by atoms with Crippen LogP contribution in [-0.2, 0) is 17.1 Å². The summed E-state index contributed by atoms with van der Waals surface area (Å²) in [4.78, 5) is 8.58. The number of pyridine rings is 1. The van der Waals surface area contributed by atoms with E-state index in [4.69, 9.17) is 9.47 Å². The fraction of sp³-hybridized carbons (Fsp3) is 0.0200. The second kappa shape index (κ2) is 20.5. The summed E-state index contributed by atoms with van der Waals surface area (Å²) < 4.78 is 12.1. The summed E-state index contributed by atoms with van der Waals surface area (Å²) in [5, 5.41) is 16.0. The molecule has 0 saturated carbocycles. The number of nitrogens with zero attached hydrogens (tertiary/aromatic N) is 4. The van der Waals surface area contributed by atoms with Crippen LogP contribution in [0.25, 0.3) is 22.9 Å². The molecule has 6 nitrogen and oxygen atoms in total. The topological polar surface area (TPSA) is 71.2 Å². The first-order valence-electron chi connectivity index (χ1n) is 19.0. The monoisotopic (exact) mass is 854 g/mol. The second-order valence-corrected chi connectivity index (χ2v) is 18.1. The molecule has 0 aliphatic rings. The number of methoxy groups -OCH3 is 1. The molecule has 0 atom stereocenters. The molecule has 0 aliphatic heterocycles. The number of ether oxygens (including phenoxy) is 2. The Morgan fingerprint density at radius 3 is 1.31 bits per heavy atom. The third-order valence-corrected chi connectivity index (χ3v) is 15.0. The van der Waals surface area contributed by atoms with E-state index in [1.165, 1.54) is 31.8 Å². The number of rotatable bonds is 11. The summed E-state index contributed by atoms with van der Waals surface area (Å²) in [7, 11) is -0.924. The fourth-order valence-corrected chi connectivity index (χ4v) is 12.0. The molecule has 2 aromatic heterocycles. The summed E-state index contributed by atoms with van der Waals surface area (Å²) in [6, 6.07) is 73.7. The Balaban J connectivity index is 0.000000221. The Morgan fingerprint density at radius 2 is 0.881 bits per heavy atom.